The van der Waals surface area contributed by atoms with Gasteiger partial charge in [-0.05, 0) is 149 Å². The van der Waals surface area contributed by atoms with Crippen LogP contribution in [0.25, 0.3) is 0 Å². The molecule has 4 saturated carbocycles. The van der Waals surface area contributed by atoms with Crippen LogP contribution in [0.15, 0.2) is 18.2 Å². The van der Waals surface area contributed by atoms with Crippen molar-refractivity contribution in [2.24, 2.45) is 17.3 Å². The number of fused-ring (bicyclic) bond motifs is 5. The van der Waals surface area contributed by atoms with Gasteiger partial charge in [-0.2, -0.15) is 0 Å². The third-order valence-electron chi connectivity index (χ3n) is 8.59. The fourth-order valence-corrected chi connectivity index (χ4v) is 7.02. The first-order chi connectivity index (χ1) is 15.7. The van der Waals surface area contributed by atoms with Crippen molar-refractivity contribution >= 4 is 0 Å². The van der Waals surface area contributed by atoms with Crippen molar-refractivity contribution in [1.82, 2.24) is 5.32 Å². The van der Waals surface area contributed by atoms with Crippen LogP contribution >= 0.6 is 0 Å². The zero-order valence-corrected chi connectivity index (χ0v) is 21.1. The van der Waals surface area contributed by atoms with Gasteiger partial charge in [-0.25, -0.2) is 0 Å². The molecule has 0 amide bonds. The maximum Gasteiger partial charge on any atom is 2.00 e. The van der Waals surface area contributed by atoms with E-state index in [4.69, 9.17) is 4.74 Å². The zero-order chi connectivity index (χ0) is 22.0. The van der Waals surface area contributed by atoms with Gasteiger partial charge in [0.2, 0.25) is 0 Å². The summed E-state index contributed by atoms with van der Waals surface area (Å²) in [4.78, 5) is 0. The van der Waals surface area contributed by atoms with Gasteiger partial charge in [-0.1, -0.05) is 13.0 Å². The number of hydrogen-bond acceptors (Lipinski definition) is 2. The van der Waals surface area contributed by atoms with E-state index < -0.39 is 0 Å². The zero-order valence-electron chi connectivity index (χ0n) is 19.9. The van der Waals surface area contributed by atoms with E-state index in [0.29, 0.717) is 11.5 Å². The van der Waals surface area contributed by atoms with E-state index in [1.54, 1.807) is 18.2 Å². The van der Waals surface area contributed by atoms with Crippen LogP contribution in [0.4, 0.5) is 0 Å². The Balaban J connectivity index is 0.000000385. The molecule has 1 aromatic carbocycles. The number of benzene rings is 1. The summed E-state index contributed by atoms with van der Waals surface area (Å²) in [5, 5.41) is 3.88. The molecule has 4 fully saturated rings. The molecule has 1 N–H and O–H groups in total. The van der Waals surface area contributed by atoms with Crippen LogP contribution in [0.3, 0.4) is 0 Å². The number of nitrogens with one attached hydrogen (secondary N) is 1. The number of aryl methyl sites for hydroxylation is 1. The minimum Gasteiger partial charge on any atom is -0.497 e. The Hall–Kier alpha value is -0.501. The van der Waals surface area contributed by atoms with Crippen molar-refractivity contribution in [3.63, 3.8) is 0 Å². The Morgan fingerprint density at radius 3 is 2.42 bits per heavy atom. The molecule has 0 bridgehead atoms. The van der Waals surface area contributed by atoms with E-state index in [-0.39, 0.29) is 17.1 Å². The van der Waals surface area contributed by atoms with Crippen LogP contribution in [-0.2, 0) is 23.5 Å². The molecule has 0 unspecified atom stereocenters. The summed E-state index contributed by atoms with van der Waals surface area (Å²) in [6.45, 7) is 3.61. The molecular weight excluding hydrogens is 446 g/mol. The van der Waals surface area contributed by atoms with E-state index >= 15 is 0 Å². The second-order valence-electron chi connectivity index (χ2n) is 10.4. The monoisotopic (exact) mass is 483 g/mol. The van der Waals surface area contributed by atoms with Gasteiger partial charge in [0.1, 0.15) is 5.75 Å². The predicted octanol–water partition coefficient (Wildman–Crippen LogP) is 5.93. The average molecular weight is 483 g/mol. The topological polar surface area (TPSA) is 21.3 Å². The summed E-state index contributed by atoms with van der Waals surface area (Å²) in [7, 11) is 1.78. The van der Waals surface area contributed by atoms with E-state index in [1.165, 1.54) is 44.4 Å². The van der Waals surface area contributed by atoms with Crippen LogP contribution in [0.2, 0.25) is 0 Å². The second kappa shape index (κ2) is 11.5. The van der Waals surface area contributed by atoms with Crippen LogP contribution in [-0.4, -0.2) is 19.7 Å². The number of hydrogen-bond donors (Lipinski definition) is 1. The second-order valence-corrected chi connectivity index (χ2v) is 10.4. The molecule has 5 atom stereocenters. The standard InChI is InChI=1S/C25H32NO.C5H5.Fe/c1-25-12-11-22-21-10-8-20(27-2)13-18(21)7-9-23(22)24(25)14-19(15-25)26-16-17-5-3-4-6-17;1-2-4-5-3-1;/h3-6,8,10,13,19,22-24,26H,7,9,11-12,14-16H2,1-2H3;1-5H;/q;;+2/t19-,22+,23+,24-,25+;;/m0../s1. The van der Waals surface area contributed by atoms with Crippen molar-refractivity contribution in [2.75, 3.05) is 13.7 Å². The minimum absolute atomic E-state index is 0. The van der Waals surface area contributed by atoms with Crippen LogP contribution in [0, 0.1) is 81.0 Å². The van der Waals surface area contributed by atoms with Crippen LogP contribution in [0.1, 0.15) is 56.1 Å². The Labute approximate surface area is 213 Å². The van der Waals surface area contributed by atoms with Gasteiger partial charge in [0.05, 0.1) is 7.11 Å². The quantitative estimate of drug-likeness (QED) is 0.536. The summed E-state index contributed by atoms with van der Waals surface area (Å²) < 4.78 is 5.46. The normalized spacial score (nSPS) is 35.0. The summed E-state index contributed by atoms with van der Waals surface area (Å²) in [6.07, 6.45) is 26.8. The summed E-state index contributed by atoms with van der Waals surface area (Å²) in [5.41, 5.74) is 3.71. The molecule has 6 rings (SSSR count). The molecule has 174 valence electrons. The predicted molar refractivity (Wildman–Crippen MR) is 131 cm³/mol. The molecule has 1 aromatic rings. The molecule has 5 aliphatic rings. The fraction of sp³-hybridized carbons (Fsp3) is 0.467. The Kier molecular flexibility index (Phi) is 8.91. The van der Waals surface area contributed by atoms with Crippen molar-refractivity contribution in [3.8, 4) is 5.75 Å². The molecule has 0 aromatic heterocycles. The molecule has 0 spiro atoms. The maximum atomic E-state index is 5.46. The molecule has 3 heteroatoms. The molecule has 2 nitrogen and oxygen atoms in total. The maximum absolute atomic E-state index is 5.46. The first-order valence-corrected chi connectivity index (χ1v) is 12.4. The molecular formula is C30H37FeNO+2. The Bertz CT molecular complexity index is 748. The molecule has 0 saturated heterocycles. The van der Waals surface area contributed by atoms with Crippen molar-refractivity contribution < 1.29 is 21.8 Å². The average Bonchev–Trinajstić information content (AvgIpc) is 3.59. The minimum atomic E-state index is 0. The van der Waals surface area contributed by atoms with Crippen molar-refractivity contribution in [3.05, 3.63) is 93.0 Å². The van der Waals surface area contributed by atoms with E-state index in [0.717, 1.165) is 30.0 Å². The first-order valence-electron chi connectivity index (χ1n) is 12.4. The molecule has 0 heterocycles. The molecule has 33 heavy (non-hydrogen) atoms. The van der Waals surface area contributed by atoms with E-state index in [9.17, 15) is 0 Å². The van der Waals surface area contributed by atoms with E-state index in [2.05, 4.69) is 56.1 Å². The summed E-state index contributed by atoms with van der Waals surface area (Å²) in [6, 6.07) is 7.52. The van der Waals surface area contributed by atoms with Gasteiger partial charge in [0.15, 0.2) is 0 Å². The Morgan fingerprint density at radius 2 is 1.73 bits per heavy atom. The van der Waals surface area contributed by atoms with E-state index in [1.807, 2.05) is 32.1 Å². The van der Waals surface area contributed by atoms with Gasteiger partial charge in [-0.15, -0.1) is 0 Å². The number of methoxy groups -OCH3 is 1. The SMILES string of the molecule is COc1ccc2c(c1)CC[C@@H]1[C@@H]2CC[C@]2(C)C[C@@H](NC[C]3[CH][CH][CH][CH]3)C[C@@H]12.[CH]1[CH][CH][CH][CH]1.[Fe+2]. The summed E-state index contributed by atoms with van der Waals surface area (Å²) in [5.74, 6) is 4.96. The third-order valence-corrected chi connectivity index (χ3v) is 8.59. The molecule has 10 radical (unpaired) electrons. The third kappa shape index (κ3) is 5.68. The van der Waals surface area contributed by atoms with Crippen molar-refractivity contribution in [2.45, 2.75) is 57.4 Å². The van der Waals surface area contributed by atoms with Crippen LogP contribution in [0.5, 0.6) is 5.75 Å². The molecule has 5 aliphatic carbocycles. The summed E-state index contributed by atoms with van der Waals surface area (Å²) >= 11 is 0. The fourth-order valence-electron chi connectivity index (χ4n) is 7.02. The first kappa shape index (κ1) is 25.6. The van der Waals surface area contributed by atoms with Gasteiger partial charge >= 0.3 is 17.1 Å². The van der Waals surface area contributed by atoms with Crippen LogP contribution < -0.4 is 10.1 Å². The molecule has 0 aliphatic heterocycles. The van der Waals surface area contributed by atoms with Crippen molar-refractivity contribution in [1.29, 1.82) is 0 Å². The smallest absolute Gasteiger partial charge is 0.497 e. The largest absolute Gasteiger partial charge is 2.00 e. The van der Waals surface area contributed by atoms with Gasteiger partial charge in [0.25, 0.3) is 0 Å². The van der Waals surface area contributed by atoms with Gasteiger partial charge < -0.3 is 10.1 Å². The van der Waals surface area contributed by atoms with Gasteiger partial charge in [-0.3, -0.25) is 0 Å². The number of ether oxygens (including phenoxy) is 1. The number of rotatable bonds is 4. The van der Waals surface area contributed by atoms with Gasteiger partial charge in [0, 0.05) is 12.6 Å². The Morgan fingerprint density at radius 1 is 1.00 bits per heavy atom.